The van der Waals surface area contributed by atoms with Gasteiger partial charge in [-0.1, -0.05) is 30.3 Å². The summed E-state index contributed by atoms with van der Waals surface area (Å²) in [4.78, 5) is 0. The summed E-state index contributed by atoms with van der Waals surface area (Å²) in [5.41, 5.74) is 1.17. The third-order valence-corrected chi connectivity index (χ3v) is 2.56. The number of hydrogen-bond donors (Lipinski definition) is 1. The Hall–Kier alpha value is -1.37. The van der Waals surface area contributed by atoms with Crippen molar-refractivity contribution in [3.63, 3.8) is 0 Å². The summed E-state index contributed by atoms with van der Waals surface area (Å²) >= 11 is 0. The maximum atomic E-state index is 8.82. The highest BCUT2D eigenvalue weighted by Crippen LogP contribution is 2.15. The van der Waals surface area contributed by atoms with Crippen molar-refractivity contribution >= 4 is 0 Å². The van der Waals surface area contributed by atoms with E-state index in [-0.39, 0.29) is 6.04 Å². The molecule has 0 heterocycles. The second kappa shape index (κ2) is 8.74. The van der Waals surface area contributed by atoms with Gasteiger partial charge in [0.25, 0.3) is 0 Å². The van der Waals surface area contributed by atoms with Gasteiger partial charge in [0.15, 0.2) is 0 Å². The van der Waals surface area contributed by atoms with E-state index in [9.17, 15) is 0 Å². The fourth-order valence-electron chi connectivity index (χ4n) is 1.68. The third kappa shape index (κ3) is 5.48. The Morgan fingerprint density at radius 1 is 1.35 bits per heavy atom. The van der Waals surface area contributed by atoms with E-state index in [0.717, 1.165) is 26.2 Å². The molecule has 0 aromatic heterocycles. The van der Waals surface area contributed by atoms with Gasteiger partial charge in [-0.2, -0.15) is 5.26 Å². The molecular weight excluding hydrogens is 212 g/mol. The van der Waals surface area contributed by atoms with Crippen LogP contribution in [0, 0.1) is 11.3 Å². The Bertz CT molecular complexity index is 332. The minimum Gasteiger partial charge on any atom is -0.382 e. The molecule has 1 aromatic carbocycles. The van der Waals surface area contributed by atoms with Crippen molar-refractivity contribution in [3.05, 3.63) is 35.9 Å². The maximum absolute atomic E-state index is 8.82. The van der Waals surface area contributed by atoms with Crippen molar-refractivity contribution in [3.8, 4) is 6.07 Å². The number of rotatable bonds is 8. The topological polar surface area (TPSA) is 45.0 Å². The Morgan fingerprint density at radius 3 is 2.76 bits per heavy atom. The summed E-state index contributed by atoms with van der Waals surface area (Å²) in [5, 5.41) is 12.2. The zero-order chi connectivity index (χ0) is 12.3. The van der Waals surface area contributed by atoms with Crippen LogP contribution >= 0.6 is 0 Å². The van der Waals surface area contributed by atoms with Crippen molar-refractivity contribution in [1.29, 1.82) is 5.26 Å². The van der Waals surface area contributed by atoms with E-state index >= 15 is 0 Å². The Morgan fingerprint density at radius 2 is 2.12 bits per heavy atom. The lowest BCUT2D eigenvalue weighted by Gasteiger charge is -2.16. The summed E-state index contributed by atoms with van der Waals surface area (Å²) in [6.07, 6.45) is 1.47. The number of nitrogens with one attached hydrogen (secondary N) is 1. The summed E-state index contributed by atoms with van der Waals surface area (Å²) in [7, 11) is 0. The normalized spacial score (nSPS) is 12.0. The zero-order valence-corrected chi connectivity index (χ0v) is 10.4. The highest BCUT2D eigenvalue weighted by Gasteiger charge is 2.09. The lowest BCUT2D eigenvalue weighted by atomic mass is 10.0. The molecule has 0 amide bonds. The molecule has 0 spiro atoms. The van der Waals surface area contributed by atoms with Crippen LogP contribution in [0.1, 0.15) is 31.4 Å². The molecule has 0 radical (unpaired) electrons. The molecule has 0 saturated carbocycles. The Balaban J connectivity index is 2.37. The zero-order valence-electron chi connectivity index (χ0n) is 10.4. The van der Waals surface area contributed by atoms with Gasteiger partial charge in [0, 0.05) is 19.3 Å². The number of benzene rings is 1. The molecule has 17 heavy (non-hydrogen) atoms. The van der Waals surface area contributed by atoms with Crippen molar-refractivity contribution in [2.24, 2.45) is 0 Å². The highest BCUT2D eigenvalue weighted by atomic mass is 16.5. The summed E-state index contributed by atoms with van der Waals surface area (Å²) in [6, 6.07) is 12.4. The molecule has 1 atom stereocenters. The first-order valence-corrected chi connectivity index (χ1v) is 6.11. The maximum Gasteiger partial charge on any atom is 0.0641 e. The molecule has 1 rings (SSSR count). The van der Waals surface area contributed by atoms with Gasteiger partial charge in [-0.25, -0.2) is 0 Å². The van der Waals surface area contributed by atoms with Crippen LogP contribution in [0.25, 0.3) is 0 Å². The number of ether oxygens (including phenoxy) is 1. The summed E-state index contributed by atoms with van der Waals surface area (Å²) in [5.74, 6) is 0. The molecular formula is C14H20N2O. The molecule has 0 aliphatic carbocycles. The predicted octanol–water partition coefficient (Wildman–Crippen LogP) is 2.66. The smallest absolute Gasteiger partial charge is 0.0641 e. The molecule has 0 aliphatic heterocycles. The predicted molar refractivity (Wildman–Crippen MR) is 68.5 cm³/mol. The van der Waals surface area contributed by atoms with E-state index in [1.54, 1.807) is 0 Å². The highest BCUT2D eigenvalue weighted by molar-refractivity contribution is 5.19. The van der Waals surface area contributed by atoms with Gasteiger partial charge < -0.3 is 10.1 Å². The number of nitrogens with zero attached hydrogens (tertiary/aromatic N) is 1. The van der Waals surface area contributed by atoms with Crippen LogP contribution in [0.15, 0.2) is 30.3 Å². The SMILES string of the molecule is CCOCCCNC(CC#N)c1ccccc1. The van der Waals surface area contributed by atoms with Gasteiger partial charge in [-0.05, 0) is 25.5 Å². The van der Waals surface area contributed by atoms with Gasteiger partial charge in [-0.3, -0.25) is 0 Å². The molecule has 0 saturated heterocycles. The van der Waals surface area contributed by atoms with Crippen LogP contribution in [0.5, 0.6) is 0 Å². The van der Waals surface area contributed by atoms with Crippen molar-refractivity contribution < 1.29 is 4.74 Å². The van der Waals surface area contributed by atoms with Crippen molar-refractivity contribution in [2.45, 2.75) is 25.8 Å². The Labute approximate surface area is 103 Å². The molecule has 1 unspecified atom stereocenters. The minimum atomic E-state index is 0.128. The number of hydrogen-bond acceptors (Lipinski definition) is 3. The largest absolute Gasteiger partial charge is 0.382 e. The first-order valence-electron chi connectivity index (χ1n) is 6.11. The van der Waals surface area contributed by atoms with E-state index in [0.29, 0.717) is 6.42 Å². The number of nitriles is 1. The minimum absolute atomic E-state index is 0.128. The van der Waals surface area contributed by atoms with Crippen molar-refractivity contribution in [1.82, 2.24) is 5.32 Å². The van der Waals surface area contributed by atoms with E-state index < -0.39 is 0 Å². The van der Waals surface area contributed by atoms with E-state index in [2.05, 4.69) is 23.5 Å². The fourth-order valence-corrected chi connectivity index (χ4v) is 1.68. The van der Waals surface area contributed by atoms with Gasteiger partial charge in [0.1, 0.15) is 0 Å². The van der Waals surface area contributed by atoms with Crippen LogP contribution in [0.3, 0.4) is 0 Å². The standard InChI is InChI=1S/C14H20N2O/c1-2-17-12-6-11-16-14(9-10-15)13-7-4-3-5-8-13/h3-5,7-8,14,16H,2,6,9,11-12H2,1H3. The third-order valence-electron chi connectivity index (χ3n) is 2.56. The molecule has 0 bridgehead atoms. The van der Waals surface area contributed by atoms with Crippen LogP contribution in [-0.2, 0) is 4.74 Å². The molecule has 1 aromatic rings. The quantitative estimate of drug-likeness (QED) is 0.701. The molecule has 3 nitrogen and oxygen atoms in total. The Kier molecular flexibility index (Phi) is 7.04. The summed E-state index contributed by atoms with van der Waals surface area (Å²) < 4.78 is 5.28. The first kappa shape index (κ1) is 13.7. The molecule has 3 heteroatoms. The van der Waals surface area contributed by atoms with Crippen LogP contribution in [-0.4, -0.2) is 19.8 Å². The van der Waals surface area contributed by atoms with Crippen LogP contribution in [0.2, 0.25) is 0 Å². The lowest BCUT2D eigenvalue weighted by molar-refractivity contribution is 0.144. The molecule has 1 N–H and O–H groups in total. The first-order chi connectivity index (χ1) is 8.38. The average molecular weight is 232 g/mol. The second-order valence-corrected chi connectivity index (χ2v) is 3.83. The van der Waals surface area contributed by atoms with E-state index in [1.807, 2.05) is 25.1 Å². The summed E-state index contributed by atoms with van der Waals surface area (Å²) in [6.45, 7) is 4.41. The molecule has 92 valence electrons. The van der Waals surface area contributed by atoms with Crippen molar-refractivity contribution in [2.75, 3.05) is 19.8 Å². The lowest BCUT2D eigenvalue weighted by Crippen LogP contribution is -2.23. The van der Waals surface area contributed by atoms with Crippen LogP contribution in [0.4, 0.5) is 0 Å². The van der Waals surface area contributed by atoms with Crippen LogP contribution < -0.4 is 5.32 Å². The van der Waals surface area contributed by atoms with Gasteiger partial charge in [0.05, 0.1) is 12.5 Å². The molecule has 0 fully saturated rings. The van der Waals surface area contributed by atoms with Gasteiger partial charge in [-0.15, -0.1) is 0 Å². The monoisotopic (exact) mass is 232 g/mol. The average Bonchev–Trinajstić information content (AvgIpc) is 2.38. The molecule has 0 aliphatic rings. The second-order valence-electron chi connectivity index (χ2n) is 3.83. The van der Waals surface area contributed by atoms with E-state index in [1.165, 1.54) is 5.56 Å². The van der Waals surface area contributed by atoms with Gasteiger partial charge >= 0.3 is 0 Å². The van der Waals surface area contributed by atoms with E-state index in [4.69, 9.17) is 10.00 Å². The fraction of sp³-hybridized carbons (Fsp3) is 0.500. The van der Waals surface area contributed by atoms with Gasteiger partial charge in [0.2, 0.25) is 0 Å².